The Morgan fingerprint density at radius 1 is 0.565 bits per heavy atom. The fourth-order valence-electron chi connectivity index (χ4n) is 9.41. The van der Waals surface area contributed by atoms with Gasteiger partial charge >= 0.3 is 17.9 Å². The van der Waals surface area contributed by atoms with E-state index in [0.29, 0.717) is 12.8 Å². The molecule has 0 unspecified atom stereocenters. The maximum atomic E-state index is 13.6. The summed E-state index contributed by atoms with van der Waals surface area (Å²) in [5.74, 6) is -3.07. The average Bonchev–Trinajstić information content (AvgIpc) is 3.30. The van der Waals surface area contributed by atoms with Crippen LogP contribution in [-0.4, -0.2) is 177 Å². The largest absolute Gasteiger partial charge is 0.457 e. The maximum Gasteiger partial charge on any atom is 0.309 e. The number of esters is 3. The lowest BCUT2D eigenvalue weighted by atomic mass is 9.95. The molecule has 6 aliphatic rings. The Kier molecular flexibility index (Phi) is 22.8. The van der Waals surface area contributed by atoms with Gasteiger partial charge in [-0.2, -0.15) is 0 Å². The van der Waals surface area contributed by atoms with E-state index in [9.17, 15) is 45.0 Å². The number of aliphatic hydroxyl groups is 6. The third-order valence-corrected chi connectivity index (χ3v) is 14.1. The van der Waals surface area contributed by atoms with Crippen LogP contribution in [0.2, 0.25) is 0 Å². The van der Waals surface area contributed by atoms with E-state index in [2.05, 4.69) is 6.92 Å². The molecular weight excluding hydrogens is 909 g/mol. The molecule has 6 aliphatic heterocycles. The van der Waals surface area contributed by atoms with Crippen LogP contribution in [0.5, 0.6) is 0 Å². The highest BCUT2D eigenvalue weighted by Crippen LogP contribution is 2.37. The third-order valence-electron chi connectivity index (χ3n) is 14.1. The molecule has 20 nitrogen and oxygen atoms in total. The van der Waals surface area contributed by atoms with E-state index in [1.165, 1.54) is 13.8 Å². The lowest BCUT2D eigenvalue weighted by Gasteiger charge is -2.49. The normalized spacial score (nSPS) is 42.7. The van der Waals surface area contributed by atoms with Crippen molar-refractivity contribution in [3.63, 3.8) is 0 Å². The lowest BCUT2D eigenvalue weighted by Crippen LogP contribution is -2.67. The van der Waals surface area contributed by atoms with Crippen molar-refractivity contribution in [2.24, 2.45) is 11.8 Å². The second kappa shape index (κ2) is 27.2. The van der Waals surface area contributed by atoms with Crippen LogP contribution < -0.4 is 0 Å². The molecule has 22 atom stereocenters. The molecule has 0 radical (unpaired) electrons. The monoisotopic (exact) mass is 993 g/mol. The van der Waals surface area contributed by atoms with Gasteiger partial charge in [-0.05, 0) is 53.4 Å². The number of aliphatic hydroxyl groups excluding tert-OH is 6. The quantitative estimate of drug-likeness (QED) is 0.0878. The number of carbonyl (C=O) groups excluding carboxylic acids is 3. The predicted molar refractivity (Wildman–Crippen MR) is 243 cm³/mol. The molecule has 0 aromatic carbocycles. The number of fused-ring (bicyclic) bond motifs is 14. The first-order chi connectivity index (χ1) is 32.8. The van der Waals surface area contributed by atoms with Crippen molar-refractivity contribution in [2.45, 2.75) is 281 Å². The summed E-state index contributed by atoms with van der Waals surface area (Å²) in [6.45, 7) is 15.1. The molecule has 0 saturated carbocycles. The van der Waals surface area contributed by atoms with Gasteiger partial charge in [-0.15, -0.1) is 0 Å². The standard InChI is InChI=1S/C49H84O20/c1-10-12-18-21-30-22-19-16-14-13-15-17-20-23-31(50)64-42-36(55)48(67-39-27(7)59-46(63-30)34(53)33(39)52)61-28(8)40(42)69-49-37(56)43(66-45(58)25(5)11-2)41(29(9)62-49)68-47-35(54)32(51)38(26(6)60-47)65-44(57)24(3)4/h24-30,32-43,46-49,51-56H,10-23H2,1-9H3/t25-,26+,27+,28+,29+,30-,32+,33-,34-,35+,36-,37+,38+,39+,40+,41+,42-,43+,46+,47-,48+,49-/m1/s1. The summed E-state index contributed by atoms with van der Waals surface area (Å²) in [6.07, 6.45) is -17.1. The second-order valence-corrected chi connectivity index (χ2v) is 20.1. The smallest absolute Gasteiger partial charge is 0.309 e. The highest BCUT2D eigenvalue weighted by Gasteiger charge is 2.56. The number of unbranched alkanes of at least 4 members (excludes halogenated alkanes) is 2. The molecule has 6 fully saturated rings. The number of carbonyl (C=O) groups is 3. The number of hydrogen-bond donors (Lipinski definition) is 6. The molecular formula is C49H84O20. The highest BCUT2D eigenvalue weighted by molar-refractivity contribution is 5.72. The van der Waals surface area contributed by atoms with Gasteiger partial charge < -0.3 is 82.7 Å². The Bertz CT molecular complexity index is 1570. The van der Waals surface area contributed by atoms with Crippen molar-refractivity contribution >= 4 is 17.9 Å². The van der Waals surface area contributed by atoms with E-state index in [0.717, 1.165) is 70.6 Å². The number of ether oxygens (including phenoxy) is 11. The van der Waals surface area contributed by atoms with Crippen LogP contribution >= 0.6 is 0 Å². The predicted octanol–water partition coefficient (Wildman–Crippen LogP) is 3.21. The van der Waals surface area contributed by atoms with E-state index >= 15 is 0 Å². The molecule has 4 bridgehead atoms. The van der Waals surface area contributed by atoms with Crippen molar-refractivity contribution in [3.05, 3.63) is 0 Å². The first-order valence-corrected chi connectivity index (χ1v) is 25.7. The first kappa shape index (κ1) is 57.7. The van der Waals surface area contributed by atoms with Gasteiger partial charge in [-0.25, -0.2) is 0 Å². The summed E-state index contributed by atoms with van der Waals surface area (Å²) in [6, 6.07) is 0. The van der Waals surface area contributed by atoms with Gasteiger partial charge in [0.15, 0.2) is 43.5 Å². The molecule has 0 aromatic rings. The van der Waals surface area contributed by atoms with Crippen LogP contribution in [-0.2, 0) is 66.5 Å². The molecule has 6 heterocycles. The van der Waals surface area contributed by atoms with E-state index in [4.69, 9.17) is 52.1 Å². The third kappa shape index (κ3) is 15.2. The Labute approximate surface area is 407 Å². The fourth-order valence-corrected chi connectivity index (χ4v) is 9.41. The van der Waals surface area contributed by atoms with E-state index in [-0.39, 0.29) is 12.5 Å². The summed E-state index contributed by atoms with van der Waals surface area (Å²) in [7, 11) is 0. The summed E-state index contributed by atoms with van der Waals surface area (Å²) in [5.41, 5.74) is 0. The summed E-state index contributed by atoms with van der Waals surface area (Å²) in [4.78, 5) is 39.4. The van der Waals surface area contributed by atoms with Crippen LogP contribution in [0, 0.1) is 11.8 Å². The van der Waals surface area contributed by atoms with Crippen molar-refractivity contribution in [1.29, 1.82) is 0 Å². The minimum Gasteiger partial charge on any atom is -0.457 e. The zero-order chi connectivity index (χ0) is 50.7. The zero-order valence-electron chi connectivity index (χ0n) is 42.1. The van der Waals surface area contributed by atoms with Gasteiger partial charge in [0.05, 0.1) is 42.4 Å². The fraction of sp³-hybridized carbons (Fsp3) is 0.939. The van der Waals surface area contributed by atoms with Crippen LogP contribution in [0.4, 0.5) is 0 Å². The molecule has 6 rings (SSSR count). The van der Waals surface area contributed by atoms with Crippen molar-refractivity contribution < 1.29 is 97.1 Å². The van der Waals surface area contributed by atoms with E-state index in [1.54, 1.807) is 41.5 Å². The molecule has 20 heteroatoms. The van der Waals surface area contributed by atoms with Crippen LogP contribution in [0.25, 0.3) is 0 Å². The molecule has 0 aliphatic carbocycles. The minimum atomic E-state index is -1.81. The molecule has 0 aromatic heterocycles. The van der Waals surface area contributed by atoms with Crippen LogP contribution in [0.15, 0.2) is 0 Å². The number of rotatable bonds is 13. The topological polar surface area (TPSA) is 274 Å². The van der Waals surface area contributed by atoms with Crippen molar-refractivity contribution in [3.8, 4) is 0 Å². The molecule has 400 valence electrons. The van der Waals surface area contributed by atoms with Gasteiger partial charge in [0, 0.05) is 6.42 Å². The Morgan fingerprint density at radius 2 is 1.13 bits per heavy atom. The molecule has 69 heavy (non-hydrogen) atoms. The highest BCUT2D eigenvalue weighted by atomic mass is 16.8. The van der Waals surface area contributed by atoms with Crippen LogP contribution in [0.1, 0.15) is 152 Å². The summed E-state index contributed by atoms with van der Waals surface area (Å²) >= 11 is 0. The maximum absolute atomic E-state index is 13.6. The van der Waals surface area contributed by atoms with Gasteiger partial charge in [0.25, 0.3) is 0 Å². The molecule has 6 N–H and O–H groups in total. The van der Waals surface area contributed by atoms with Crippen molar-refractivity contribution in [2.75, 3.05) is 0 Å². The Hall–Kier alpha value is -2.15. The SMILES string of the molecule is CCCCC[C@@H]1CCCCCCCCCC(=O)O[C@@H]2[C@@H](O)[C@H](O[C@@H]3[C@H](O)[C@@H](O)[C@H](O1)O[C@H]3C)O[C@@H](C)[C@@H]2O[C@H]1O[C@@H](C)[C@H](O[C@H]2O[C@@H](C)[C@H](OC(=O)C(C)C)[C@@H](O)[C@@H]2O)[C@@H](OC(=O)[C@H](C)CC)[C@@H]1O. The first-order valence-electron chi connectivity index (χ1n) is 25.7. The lowest BCUT2D eigenvalue weighted by molar-refractivity contribution is -0.383. The minimum absolute atomic E-state index is 0.0306. The number of hydrogen-bond acceptors (Lipinski definition) is 20. The summed E-state index contributed by atoms with van der Waals surface area (Å²) < 4.78 is 66.8. The molecule has 6 saturated heterocycles. The van der Waals surface area contributed by atoms with Crippen LogP contribution in [0.3, 0.4) is 0 Å². The molecule has 0 spiro atoms. The van der Waals surface area contributed by atoms with Gasteiger partial charge in [0.2, 0.25) is 0 Å². The van der Waals surface area contributed by atoms with E-state index in [1.807, 2.05) is 0 Å². The second-order valence-electron chi connectivity index (χ2n) is 20.1. The van der Waals surface area contributed by atoms with Gasteiger partial charge in [-0.1, -0.05) is 92.4 Å². The zero-order valence-corrected chi connectivity index (χ0v) is 42.1. The Balaban J connectivity index is 1.37. The van der Waals surface area contributed by atoms with Gasteiger partial charge in [0.1, 0.15) is 54.9 Å². The Morgan fingerprint density at radius 3 is 1.78 bits per heavy atom. The average molecular weight is 993 g/mol. The van der Waals surface area contributed by atoms with Crippen molar-refractivity contribution in [1.82, 2.24) is 0 Å². The van der Waals surface area contributed by atoms with E-state index < -0.39 is 153 Å². The van der Waals surface area contributed by atoms with Gasteiger partial charge in [-0.3, -0.25) is 14.4 Å². The summed E-state index contributed by atoms with van der Waals surface area (Å²) in [5, 5.41) is 69.1. The molecule has 0 amide bonds.